The molecule has 3 aromatic rings. The highest BCUT2D eigenvalue weighted by molar-refractivity contribution is 5.94. The molecule has 0 aliphatic carbocycles. The first-order chi connectivity index (χ1) is 17.4. The summed E-state index contributed by atoms with van der Waals surface area (Å²) in [5.74, 6) is 1.48. The molecule has 190 valence electrons. The third-order valence-corrected chi connectivity index (χ3v) is 6.88. The number of nitrogens with one attached hydrogen (secondary N) is 2. The largest absolute Gasteiger partial charge is 0.497 e. The fourth-order valence-corrected chi connectivity index (χ4v) is 4.76. The molecule has 4 heterocycles. The summed E-state index contributed by atoms with van der Waals surface area (Å²) in [7, 11) is 3.08. The standard InChI is InChI=1S/C25H30N6O5/c1-29-24(33)19-5-4-18(35-2)13-20(19)31(25(29)34)12-11-30-9-7-16(8-10-30)26-14-17-3-6-21-23(27-17)28-22(32)15-36-21/h3-6,13,16,26H,7-12,14-15H2,1-2H3,(H,27,28,32). The first-order valence-electron chi connectivity index (χ1n) is 12.1. The Balaban J connectivity index is 1.18. The van der Waals surface area contributed by atoms with Crippen LogP contribution < -0.4 is 31.4 Å². The molecule has 11 heteroatoms. The van der Waals surface area contributed by atoms with Gasteiger partial charge in [0.1, 0.15) is 5.75 Å². The predicted octanol–water partition coefficient (Wildman–Crippen LogP) is 0.689. The molecule has 0 atom stereocenters. The second-order valence-corrected chi connectivity index (χ2v) is 9.16. The Morgan fingerprint density at radius 1 is 1.14 bits per heavy atom. The maximum absolute atomic E-state index is 12.9. The van der Waals surface area contributed by atoms with Gasteiger partial charge in [0.15, 0.2) is 18.2 Å². The molecule has 0 spiro atoms. The van der Waals surface area contributed by atoms with Crippen LogP contribution in [0.1, 0.15) is 18.5 Å². The van der Waals surface area contributed by atoms with Crippen LogP contribution in [0, 0.1) is 0 Å². The van der Waals surface area contributed by atoms with Crippen LogP contribution in [0.4, 0.5) is 5.82 Å². The van der Waals surface area contributed by atoms with E-state index in [-0.39, 0.29) is 23.8 Å². The van der Waals surface area contributed by atoms with Crippen molar-refractivity contribution in [1.29, 1.82) is 0 Å². The van der Waals surface area contributed by atoms with Gasteiger partial charge in [0.25, 0.3) is 11.5 Å². The highest BCUT2D eigenvalue weighted by Gasteiger charge is 2.21. The van der Waals surface area contributed by atoms with Gasteiger partial charge in [0.2, 0.25) is 0 Å². The zero-order chi connectivity index (χ0) is 25.2. The normalized spacial score (nSPS) is 16.4. The van der Waals surface area contributed by atoms with Crippen molar-refractivity contribution >= 4 is 22.6 Å². The molecule has 0 saturated carbocycles. The predicted molar refractivity (Wildman–Crippen MR) is 135 cm³/mol. The summed E-state index contributed by atoms with van der Waals surface area (Å²) < 4.78 is 13.5. The molecule has 11 nitrogen and oxygen atoms in total. The maximum atomic E-state index is 12.9. The molecule has 2 N–H and O–H groups in total. The smallest absolute Gasteiger partial charge is 0.331 e. The highest BCUT2D eigenvalue weighted by atomic mass is 16.5. The summed E-state index contributed by atoms with van der Waals surface area (Å²) >= 11 is 0. The average molecular weight is 495 g/mol. The van der Waals surface area contributed by atoms with Crippen molar-refractivity contribution in [1.82, 2.24) is 24.3 Å². The number of pyridine rings is 1. The Bertz CT molecular complexity index is 1410. The Kier molecular flexibility index (Phi) is 6.75. The van der Waals surface area contributed by atoms with E-state index in [1.54, 1.807) is 29.9 Å². The number of methoxy groups -OCH3 is 1. The molecule has 5 rings (SSSR count). The van der Waals surface area contributed by atoms with Gasteiger partial charge < -0.3 is 25.0 Å². The molecule has 1 saturated heterocycles. The number of amides is 1. The van der Waals surface area contributed by atoms with E-state index in [1.165, 1.54) is 7.05 Å². The molecule has 0 unspecified atom stereocenters. The van der Waals surface area contributed by atoms with E-state index >= 15 is 0 Å². The van der Waals surface area contributed by atoms with Crippen LogP contribution >= 0.6 is 0 Å². The molecular formula is C25H30N6O5. The molecule has 1 aromatic carbocycles. The van der Waals surface area contributed by atoms with E-state index in [9.17, 15) is 14.4 Å². The van der Waals surface area contributed by atoms with Gasteiger partial charge >= 0.3 is 5.69 Å². The second-order valence-electron chi connectivity index (χ2n) is 9.16. The Hall–Kier alpha value is -3.70. The van der Waals surface area contributed by atoms with Crippen molar-refractivity contribution in [2.75, 3.05) is 38.7 Å². The minimum Gasteiger partial charge on any atom is -0.497 e. The number of carbonyl (C=O) groups excluding carboxylic acids is 1. The number of benzene rings is 1. The number of fused-ring (bicyclic) bond motifs is 2. The highest BCUT2D eigenvalue weighted by Crippen LogP contribution is 2.25. The molecular weight excluding hydrogens is 464 g/mol. The van der Waals surface area contributed by atoms with Crippen LogP contribution in [0.5, 0.6) is 11.5 Å². The van der Waals surface area contributed by atoms with Crippen LogP contribution in [0.2, 0.25) is 0 Å². The number of hydrogen-bond acceptors (Lipinski definition) is 8. The van der Waals surface area contributed by atoms with Crippen molar-refractivity contribution in [2.45, 2.75) is 32.0 Å². The number of aromatic nitrogens is 3. The van der Waals surface area contributed by atoms with Crippen LogP contribution in [-0.2, 0) is 24.9 Å². The van der Waals surface area contributed by atoms with Gasteiger partial charge in [-0.2, -0.15) is 0 Å². The molecule has 1 amide bonds. The second kappa shape index (κ2) is 10.1. The van der Waals surface area contributed by atoms with Gasteiger partial charge in [-0.1, -0.05) is 0 Å². The Morgan fingerprint density at radius 2 is 1.94 bits per heavy atom. The zero-order valence-electron chi connectivity index (χ0n) is 20.5. The van der Waals surface area contributed by atoms with Crippen molar-refractivity contribution in [2.24, 2.45) is 7.05 Å². The van der Waals surface area contributed by atoms with Gasteiger partial charge in [-0.15, -0.1) is 0 Å². The molecule has 2 aromatic heterocycles. The van der Waals surface area contributed by atoms with E-state index in [4.69, 9.17) is 9.47 Å². The summed E-state index contributed by atoms with van der Waals surface area (Å²) in [4.78, 5) is 43.8. The lowest BCUT2D eigenvalue weighted by molar-refractivity contribution is -0.118. The summed E-state index contributed by atoms with van der Waals surface area (Å²) in [6.45, 7) is 3.63. The monoisotopic (exact) mass is 494 g/mol. The van der Waals surface area contributed by atoms with Crippen LogP contribution in [0.3, 0.4) is 0 Å². The Morgan fingerprint density at radius 3 is 2.72 bits per heavy atom. The number of carbonyl (C=O) groups is 1. The number of likely N-dealkylation sites (tertiary alicyclic amines) is 1. The van der Waals surface area contributed by atoms with Crippen molar-refractivity contribution in [3.8, 4) is 11.5 Å². The number of nitrogens with zero attached hydrogens (tertiary/aromatic N) is 4. The fraction of sp³-hybridized carbons (Fsp3) is 0.440. The molecule has 36 heavy (non-hydrogen) atoms. The number of rotatable bonds is 7. The van der Waals surface area contributed by atoms with Crippen LogP contribution in [0.25, 0.3) is 10.9 Å². The van der Waals surface area contributed by atoms with E-state index in [0.717, 1.165) is 36.2 Å². The van der Waals surface area contributed by atoms with E-state index in [0.29, 0.717) is 53.9 Å². The van der Waals surface area contributed by atoms with Gasteiger partial charge in [0, 0.05) is 38.8 Å². The van der Waals surface area contributed by atoms with E-state index < -0.39 is 0 Å². The fourth-order valence-electron chi connectivity index (χ4n) is 4.76. The van der Waals surface area contributed by atoms with Gasteiger partial charge in [-0.05, 0) is 50.2 Å². The maximum Gasteiger partial charge on any atom is 0.331 e. The molecule has 0 radical (unpaired) electrons. The van der Waals surface area contributed by atoms with E-state index in [2.05, 4.69) is 20.5 Å². The summed E-state index contributed by atoms with van der Waals surface area (Å²) in [6, 6.07) is 9.29. The van der Waals surface area contributed by atoms with Gasteiger partial charge in [-0.25, -0.2) is 9.78 Å². The van der Waals surface area contributed by atoms with Gasteiger partial charge in [0.05, 0.1) is 23.7 Å². The first kappa shape index (κ1) is 24.0. The SMILES string of the molecule is COc1ccc2c(=O)n(C)c(=O)n(CCN3CCC(NCc4ccc5c(n4)NC(=O)CO5)CC3)c2c1. The minimum absolute atomic E-state index is 0.0201. The van der Waals surface area contributed by atoms with Crippen molar-refractivity contribution in [3.05, 3.63) is 56.9 Å². The summed E-state index contributed by atoms with van der Waals surface area (Å²) in [6.07, 6.45) is 1.95. The molecule has 1 fully saturated rings. The summed E-state index contributed by atoms with van der Waals surface area (Å²) in [5.41, 5.74) is 0.817. The third kappa shape index (κ3) is 4.84. The number of anilines is 1. The quantitative estimate of drug-likeness (QED) is 0.492. The average Bonchev–Trinajstić information content (AvgIpc) is 2.90. The summed E-state index contributed by atoms with van der Waals surface area (Å²) in [5, 5.41) is 6.80. The third-order valence-electron chi connectivity index (χ3n) is 6.88. The first-order valence-corrected chi connectivity index (χ1v) is 12.1. The number of hydrogen-bond donors (Lipinski definition) is 2. The zero-order valence-corrected chi connectivity index (χ0v) is 20.5. The number of piperidine rings is 1. The Labute approximate surface area is 207 Å². The lowest BCUT2D eigenvalue weighted by atomic mass is 10.0. The minimum atomic E-state index is -0.323. The van der Waals surface area contributed by atoms with Crippen LogP contribution in [0.15, 0.2) is 39.9 Å². The number of ether oxygens (including phenoxy) is 2. The topological polar surface area (TPSA) is 120 Å². The molecule has 2 aliphatic heterocycles. The van der Waals surface area contributed by atoms with Gasteiger partial charge in [-0.3, -0.25) is 18.7 Å². The van der Waals surface area contributed by atoms with Crippen molar-refractivity contribution < 1.29 is 14.3 Å². The lowest BCUT2D eigenvalue weighted by Crippen LogP contribution is -2.45. The van der Waals surface area contributed by atoms with E-state index in [1.807, 2.05) is 12.1 Å². The van der Waals surface area contributed by atoms with Crippen molar-refractivity contribution in [3.63, 3.8) is 0 Å². The van der Waals surface area contributed by atoms with Crippen LogP contribution in [-0.4, -0.2) is 64.3 Å². The lowest BCUT2D eigenvalue weighted by Gasteiger charge is -2.32. The molecule has 0 bridgehead atoms. The molecule has 2 aliphatic rings.